The van der Waals surface area contributed by atoms with Gasteiger partial charge < -0.3 is 10.6 Å². The number of nitrogens with one attached hydrogen (secondary N) is 2. The van der Waals surface area contributed by atoms with Crippen LogP contribution in [0.25, 0.3) is 0 Å². The van der Waals surface area contributed by atoms with E-state index >= 15 is 0 Å². The van der Waals surface area contributed by atoms with E-state index in [9.17, 15) is 14.0 Å². The number of carbonyl (C=O) groups is 2. The average molecular weight is 397 g/mol. The molecule has 0 radical (unpaired) electrons. The van der Waals surface area contributed by atoms with Crippen LogP contribution >= 0.6 is 23.2 Å². The summed E-state index contributed by atoms with van der Waals surface area (Å²) in [6.07, 6.45) is 0. The highest BCUT2D eigenvalue weighted by atomic mass is 35.5. The van der Waals surface area contributed by atoms with Crippen LogP contribution < -0.4 is 10.6 Å². The molecule has 2 amide bonds. The molecule has 2 rings (SSSR count). The van der Waals surface area contributed by atoms with Crippen molar-refractivity contribution < 1.29 is 14.0 Å². The lowest BCUT2D eigenvalue weighted by molar-refractivity contribution is -0.124. The van der Waals surface area contributed by atoms with Crippen LogP contribution in [0.2, 0.25) is 10.0 Å². The lowest BCUT2D eigenvalue weighted by Crippen LogP contribution is -2.49. The Hall–Kier alpha value is -2.11. The summed E-state index contributed by atoms with van der Waals surface area (Å²) in [5.41, 5.74) is 0.596. The second-order valence-electron chi connectivity index (χ2n) is 6.13. The minimum absolute atomic E-state index is 0.0340. The quantitative estimate of drug-likeness (QED) is 0.768. The average Bonchev–Trinajstić information content (AvgIpc) is 2.58. The van der Waals surface area contributed by atoms with Crippen molar-refractivity contribution in [2.45, 2.75) is 26.4 Å². The summed E-state index contributed by atoms with van der Waals surface area (Å²) >= 11 is 11.9. The third kappa shape index (κ3) is 5.19. The van der Waals surface area contributed by atoms with Crippen molar-refractivity contribution in [3.63, 3.8) is 0 Å². The van der Waals surface area contributed by atoms with Crippen LogP contribution in [0.1, 0.15) is 29.8 Å². The highest BCUT2D eigenvalue weighted by Gasteiger charge is 2.25. The summed E-state index contributed by atoms with van der Waals surface area (Å²) in [5.74, 6) is -1.45. The van der Waals surface area contributed by atoms with Crippen LogP contribution in [0.5, 0.6) is 0 Å². The van der Waals surface area contributed by atoms with Gasteiger partial charge in [-0.25, -0.2) is 4.39 Å². The van der Waals surface area contributed by atoms with Gasteiger partial charge in [-0.2, -0.15) is 0 Å². The van der Waals surface area contributed by atoms with E-state index in [1.54, 1.807) is 38.1 Å². The van der Waals surface area contributed by atoms with E-state index in [2.05, 4.69) is 10.6 Å². The molecule has 0 aromatic heterocycles. The van der Waals surface area contributed by atoms with Gasteiger partial charge in [0.25, 0.3) is 5.91 Å². The molecular weight excluding hydrogens is 378 g/mol. The van der Waals surface area contributed by atoms with Crippen molar-refractivity contribution in [1.29, 1.82) is 0 Å². The summed E-state index contributed by atoms with van der Waals surface area (Å²) in [6, 6.07) is 9.89. The van der Waals surface area contributed by atoms with Gasteiger partial charge in [-0.15, -0.1) is 0 Å². The van der Waals surface area contributed by atoms with Gasteiger partial charge in [0.1, 0.15) is 11.9 Å². The fourth-order valence-electron chi connectivity index (χ4n) is 2.36. The Morgan fingerprint density at radius 1 is 1.12 bits per heavy atom. The van der Waals surface area contributed by atoms with Gasteiger partial charge in [0.15, 0.2) is 0 Å². The fraction of sp³-hybridized carbons (Fsp3) is 0.263. The Balaban J connectivity index is 2.06. The molecule has 0 saturated carbocycles. The molecule has 0 bridgehead atoms. The third-order valence-corrected chi connectivity index (χ3v) is 4.37. The molecule has 138 valence electrons. The summed E-state index contributed by atoms with van der Waals surface area (Å²) in [6.45, 7) is 3.64. The minimum atomic E-state index is -0.791. The van der Waals surface area contributed by atoms with Crippen molar-refractivity contribution in [2.75, 3.05) is 0 Å². The maximum absolute atomic E-state index is 13.7. The number of benzene rings is 2. The Kier molecular flexibility index (Phi) is 7.00. The Labute approximate surface area is 161 Å². The van der Waals surface area contributed by atoms with Gasteiger partial charge in [-0.1, -0.05) is 55.2 Å². The van der Waals surface area contributed by atoms with E-state index in [-0.39, 0.29) is 23.0 Å². The summed E-state index contributed by atoms with van der Waals surface area (Å²) in [7, 11) is 0. The van der Waals surface area contributed by atoms with Gasteiger partial charge in [0.05, 0.1) is 10.6 Å². The topological polar surface area (TPSA) is 58.2 Å². The van der Waals surface area contributed by atoms with E-state index < -0.39 is 23.7 Å². The molecule has 0 spiro atoms. The molecule has 2 aromatic carbocycles. The first kappa shape index (κ1) is 20.2. The summed E-state index contributed by atoms with van der Waals surface area (Å²) in [5, 5.41) is 5.94. The molecule has 0 aliphatic carbocycles. The van der Waals surface area contributed by atoms with Crippen molar-refractivity contribution in [3.05, 3.63) is 69.5 Å². The third-order valence-electron chi connectivity index (χ3n) is 3.82. The molecule has 1 unspecified atom stereocenters. The number of halogens is 3. The smallest absolute Gasteiger partial charge is 0.253 e. The maximum Gasteiger partial charge on any atom is 0.253 e. The van der Waals surface area contributed by atoms with Gasteiger partial charge in [0, 0.05) is 17.1 Å². The molecule has 2 aromatic rings. The molecule has 0 aliphatic rings. The first-order chi connectivity index (χ1) is 12.3. The number of rotatable bonds is 6. The molecule has 4 nitrogen and oxygen atoms in total. The monoisotopic (exact) mass is 396 g/mol. The zero-order chi connectivity index (χ0) is 19.3. The molecule has 7 heteroatoms. The van der Waals surface area contributed by atoms with Gasteiger partial charge in [0.2, 0.25) is 5.91 Å². The molecule has 0 fully saturated rings. The summed E-state index contributed by atoms with van der Waals surface area (Å²) in [4.78, 5) is 24.9. The largest absolute Gasteiger partial charge is 0.350 e. The molecule has 0 heterocycles. The molecule has 0 saturated heterocycles. The second kappa shape index (κ2) is 9.01. The van der Waals surface area contributed by atoms with E-state index in [1.165, 1.54) is 18.2 Å². The standard InChI is InChI=1S/C19H19Cl2FN2O2/c1-11(2)17(19(26)23-10-12-5-3-4-6-16(12)22)24-18(25)14-8-7-13(20)9-15(14)21/h3-9,11,17H,10H2,1-2H3,(H,23,26)(H,24,25). The second-order valence-corrected chi connectivity index (χ2v) is 6.97. The van der Waals surface area contributed by atoms with Gasteiger partial charge >= 0.3 is 0 Å². The van der Waals surface area contributed by atoms with E-state index in [1.807, 2.05) is 0 Å². The van der Waals surface area contributed by atoms with Crippen molar-refractivity contribution >= 4 is 35.0 Å². The maximum atomic E-state index is 13.7. The van der Waals surface area contributed by atoms with Gasteiger partial charge in [-0.05, 0) is 30.2 Å². The van der Waals surface area contributed by atoms with E-state index in [4.69, 9.17) is 23.2 Å². The Bertz CT molecular complexity index is 812. The van der Waals surface area contributed by atoms with Crippen LogP contribution in [-0.4, -0.2) is 17.9 Å². The number of carbonyl (C=O) groups excluding carboxylic acids is 2. The SMILES string of the molecule is CC(C)C(NC(=O)c1ccc(Cl)cc1Cl)C(=O)NCc1ccccc1F. The van der Waals surface area contributed by atoms with E-state index in [0.717, 1.165) is 0 Å². The van der Waals surface area contributed by atoms with Crippen LogP contribution in [-0.2, 0) is 11.3 Å². The molecule has 26 heavy (non-hydrogen) atoms. The van der Waals surface area contributed by atoms with Crippen LogP contribution in [0.15, 0.2) is 42.5 Å². The minimum Gasteiger partial charge on any atom is -0.350 e. The zero-order valence-corrected chi connectivity index (χ0v) is 15.9. The van der Waals surface area contributed by atoms with Crippen molar-refractivity contribution in [2.24, 2.45) is 5.92 Å². The lowest BCUT2D eigenvalue weighted by atomic mass is 10.0. The Morgan fingerprint density at radius 2 is 1.81 bits per heavy atom. The zero-order valence-electron chi connectivity index (χ0n) is 14.4. The highest BCUT2D eigenvalue weighted by molar-refractivity contribution is 6.36. The summed E-state index contributed by atoms with van der Waals surface area (Å²) < 4.78 is 13.7. The van der Waals surface area contributed by atoms with Crippen LogP contribution in [0, 0.1) is 11.7 Å². The van der Waals surface area contributed by atoms with Crippen molar-refractivity contribution in [3.8, 4) is 0 Å². The number of amides is 2. The normalized spacial score (nSPS) is 11.9. The molecule has 1 atom stereocenters. The van der Waals surface area contributed by atoms with Crippen LogP contribution in [0.3, 0.4) is 0 Å². The highest BCUT2D eigenvalue weighted by Crippen LogP contribution is 2.21. The van der Waals surface area contributed by atoms with Gasteiger partial charge in [-0.3, -0.25) is 9.59 Å². The lowest BCUT2D eigenvalue weighted by Gasteiger charge is -2.22. The number of hydrogen-bond acceptors (Lipinski definition) is 2. The predicted octanol–water partition coefficient (Wildman–Crippen LogP) is 4.20. The van der Waals surface area contributed by atoms with Crippen molar-refractivity contribution in [1.82, 2.24) is 10.6 Å². The van der Waals surface area contributed by atoms with E-state index in [0.29, 0.717) is 10.6 Å². The molecule has 2 N–H and O–H groups in total. The van der Waals surface area contributed by atoms with Crippen LogP contribution in [0.4, 0.5) is 4.39 Å². The first-order valence-electron chi connectivity index (χ1n) is 8.06. The Morgan fingerprint density at radius 3 is 2.42 bits per heavy atom. The number of hydrogen-bond donors (Lipinski definition) is 2. The fourth-order valence-corrected chi connectivity index (χ4v) is 2.86. The predicted molar refractivity (Wildman–Crippen MR) is 101 cm³/mol. The first-order valence-corrected chi connectivity index (χ1v) is 8.82. The molecular formula is C19H19Cl2FN2O2. The molecule has 0 aliphatic heterocycles.